The van der Waals surface area contributed by atoms with Gasteiger partial charge in [0.2, 0.25) is 0 Å². The number of hydrogen-bond donors (Lipinski definition) is 2. The van der Waals surface area contributed by atoms with Gasteiger partial charge in [-0.15, -0.1) is 13.2 Å². The predicted molar refractivity (Wildman–Crippen MR) is 47.0 cm³/mol. The smallest absolute Gasteiger partial charge is 0.477 e. The summed E-state index contributed by atoms with van der Waals surface area (Å²) in [5.74, 6) is -3.43. The summed E-state index contributed by atoms with van der Waals surface area (Å²) < 4.78 is 39.6. The van der Waals surface area contributed by atoms with Crippen LogP contribution in [0.3, 0.4) is 0 Å². The number of carboxylic acids is 1. The van der Waals surface area contributed by atoms with Gasteiger partial charge < -0.3 is 15.6 Å². The highest BCUT2D eigenvalue weighted by atomic mass is 19.4. The van der Waals surface area contributed by atoms with E-state index < -0.39 is 35.0 Å². The normalized spacial score (nSPS) is 10.7. The topological polar surface area (TPSA) is 109 Å². The molecule has 90 valence electrons. The molecule has 0 spiro atoms. The molecule has 3 N–H and O–H groups in total. The zero-order chi connectivity index (χ0) is 13.2. The molecule has 1 aromatic heterocycles. The molecular weight excluding hydrogens is 243 g/mol. The molecule has 0 atom stereocenters. The molecule has 0 aliphatic carbocycles. The van der Waals surface area contributed by atoms with E-state index in [1.807, 2.05) is 0 Å². The highest BCUT2D eigenvalue weighted by molar-refractivity contribution is 5.92. The maximum atomic E-state index is 12.0. The van der Waals surface area contributed by atoms with Crippen molar-refractivity contribution in [3.63, 3.8) is 0 Å². The fraction of sp³-hybridized carbons (Fsp3) is 0.125. The highest BCUT2D eigenvalue weighted by Gasteiger charge is 2.35. The Morgan fingerprint density at radius 2 is 2.18 bits per heavy atom. The first-order valence-corrected chi connectivity index (χ1v) is 3.94. The number of hydrogen-bond acceptors (Lipinski definition) is 5. The summed E-state index contributed by atoms with van der Waals surface area (Å²) in [6.45, 7) is 0. The van der Waals surface area contributed by atoms with Gasteiger partial charge in [-0.05, 0) is 0 Å². The molecule has 1 heterocycles. The average molecular weight is 247 g/mol. The van der Waals surface area contributed by atoms with Crippen molar-refractivity contribution in [2.45, 2.75) is 6.36 Å². The Balaban J connectivity index is 3.46. The maximum absolute atomic E-state index is 12.0. The summed E-state index contributed by atoms with van der Waals surface area (Å²) >= 11 is 0. The number of nitrogens with two attached hydrogens (primary N) is 1. The molecule has 0 aromatic carbocycles. The van der Waals surface area contributed by atoms with Gasteiger partial charge in [0, 0.05) is 6.20 Å². The van der Waals surface area contributed by atoms with Crippen molar-refractivity contribution in [2.75, 3.05) is 5.73 Å². The van der Waals surface area contributed by atoms with E-state index in [-0.39, 0.29) is 0 Å². The van der Waals surface area contributed by atoms with E-state index >= 15 is 0 Å². The van der Waals surface area contributed by atoms with Gasteiger partial charge in [0.1, 0.15) is 23.0 Å². The maximum Gasteiger partial charge on any atom is 0.573 e. The number of pyridine rings is 1. The summed E-state index contributed by atoms with van der Waals surface area (Å²) in [6, 6.07) is 1.31. The van der Waals surface area contributed by atoms with Crippen LogP contribution in [-0.2, 0) is 0 Å². The van der Waals surface area contributed by atoms with E-state index in [4.69, 9.17) is 16.1 Å². The number of aromatic carboxylic acids is 1. The second-order valence-corrected chi connectivity index (χ2v) is 2.73. The van der Waals surface area contributed by atoms with Crippen molar-refractivity contribution in [1.29, 1.82) is 5.26 Å². The summed E-state index contributed by atoms with van der Waals surface area (Å²) in [4.78, 5) is 13.9. The highest BCUT2D eigenvalue weighted by Crippen LogP contribution is 2.31. The number of nitrogens with zero attached hydrogens (tertiary/aromatic N) is 2. The number of nitriles is 1. The first-order valence-electron chi connectivity index (χ1n) is 3.94. The first kappa shape index (κ1) is 12.6. The van der Waals surface area contributed by atoms with Crippen LogP contribution in [-0.4, -0.2) is 22.4 Å². The molecule has 0 saturated carbocycles. The number of nitrogen functional groups attached to an aromatic ring is 1. The Morgan fingerprint density at radius 3 is 2.59 bits per heavy atom. The van der Waals surface area contributed by atoms with Crippen LogP contribution >= 0.6 is 0 Å². The van der Waals surface area contributed by atoms with E-state index in [1.165, 1.54) is 6.07 Å². The molecule has 0 aliphatic rings. The summed E-state index contributed by atoms with van der Waals surface area (Å²) in [7, 11) is 0. The monoisotopic (exact) mass is 247 g/mol. The molecule has 6 nitrogen and oxygen atoms in total. The number of alkyl halides is 3. The lowest BCUT2D eigenvalue weighted by molar-refractivity contribution is -0.274. The van der Waals surface area contributed by atoms with Crippen LogP contribution in [0.5, 0.6) is 5.75 Å². The molecule has 0 radical (unpaired) electrons. The second kappa shape index (κ2) is 4.17. The SMILES string of the molecule is N#Cc1c(N)ncc(C(=O)O)c1OC(F)(F)F. The number of anilines is 1. The number of carboxylic acid groups (broad SMARTS) is 1. The number of rotatable bonds is 2. The Labute approximate surface area is 92.0 Å². The minimum absolute atomic E-state index is 0.545. The van der Waals surface area contributed by atoms with E-state index in [2.05, 4.69) is 9.72 Å². The molecule has 0 unspecified atom stereocenters. The molecule has 0 fully saturated rings. The Kier molecular flexibility index (Phi) is 3.08. The van der Waals surface area contributed by atoms with E-state index in [1.54, 1.807) is 0 Å². The number of ether oxygens (including phenoxy) is 1. The number of carbonyl (C=O) groups is 1. The molecule has 0 aliphatic heterocycles. The molecule has 0 saturated heterocycles. The van der Waals surface area contributed by atoms with Crippen molar-refractivity contribution in [1.82, 2.24) is 4.98 Å². The van der Waals surface area contributed by atoms with Crippen LogP contribution in [0.25, 0.3) is 0 Å². The number of halogens is 3. The lowest BCUT2D eigenvalue weighted by Gasteiger charge is -2.12. The zero-order valence-corrected chi connectivity index (χ0v) is 7.95. The third-order valence-corrected chi connectivity index (χ3v) is 1.62. The van der Waals surface area contributed by atoms with Gasteiger partial charge in [-0.3, -0.25) is 0 Å². The molecule has 1 aromatic rings. The first-order chi connectivity index (χ1) is 7.76. The van der Waals surface area contributed by atoms with Crippen LogP contribution < -0.4 is 10.5 Å². The van der Waals surface area contributed by atoms with Crippen LogP contribution in [0.2, 0.25) is 0 Å². The number of aromatic nitrogens is 1. The van der Waals surface area contributed by atoms with Gasteiger partial charge in [0.25, 0.3) is 0 Å². The summed E-state index contributed by atoms with van der Waals surface area (Å²) in [6.07, 6.45) is -4.55. The van der Waals surface area contributed by atoms with Crippen molar-refractivity contribution >= 4 is 11.8 Å². The molecule has 0 amide bonds. The second-order valence-electron chi connectivity index (χ2n) is 2.73. The van der Waals surface area contributed by atoms with Crippen LogP contribution in [0.1, 0.15) is 15.9 Å². The molecule has 17 heavy (non-hydrogen) atoms. The molecule has 0 bridgehead atoms. The fourth-order valence-corrected chi connectivity index (χ4v) is 0.990. The molecule has 9 heteroatoms. The average Bonchev–Trinajstić information content (AvgIpc) is 2.15. The van der Waals surface area contributed by atoms with Gasteiger partial charge in [-0.2, -0.15) is 5.26 Å². The van der Waals surface area contributed by atoms with Crippen molar-refractivity contribution in [3.8, 4) is 11.8 Å². The van der Waals surface area contributed by atoms with Gasteiger partial charge >= 0.3 is 12.3 Å². The van der Waals surface area contributed by atoms with E-state index in [0.29, 0.717) is 6.20 Å². The summed E-state index contributed by atoms with van der Waals surface area (Å²) in [5.41, 5.74) is 3.47. The molecule has 1 rings (SSSR count). The lowest BCUT2D eigenvalue weighted by atomic mass is 10.1. The van der Waals surface area contributed by atoms with Crippen LogP contribution in [0, 0.1) is 11.3 Å². The summed E-state index contributed by atoms with van der Waals surface area (Å²) in [5, 5.41) is 17.2. The minimum atomic E-state index is -5.14. The Morgan fingerprint density at radius 1 is 1.59 bits per heavy atom. The Bertz CT molecular complexity index is 507. The third kappa shape index (κ3) is 2.75. The lowest BCUT2D eigenvalue weighted by Crippen LogP contribution is -2.20. The Hall–Kier alpha value is -2.50. The van der Waals surface area contributed by atoms with Crippen molar-refractivity contribution in [2.24, 2.45) is 0 Å². The van der Waals surface area contributed by atoms with Gasteiger partial charge in [-0.25, -0.2) is 9.78 Å². The zero-order valence-electron chi connectivity index (χ0n) is 7.95. The van der Waals surface area contributed by atoms with Crippen molar-refractivity contribution in [3.05, 3.63) is 17.3 Å². The van der Waals surface area contributed by atoms with E-state index in [9.17, 15) is 18.0 Å². The van der Waals surface area contributed by atoms with Gasteiger partial charge in [-0.1, -0.05) is 0 Å². The van der Waals surface area contributed by atoms with Crippen molar-refractivity contribution < 1.29 is 27.8 Å². The molecular formula is C8H4F3N3O3. The fourth-order valence-electron chi connectivity index (χ4n) is 0.990. The largest absolute Gasteiger partial charge is 0.573 e. The van der Waals surface area contributed by atoms with Gasteiger partial charge in [0.05, 0.1) is 0 Å². The standard InChI is InChI=1S/C8H4F3N3O3/c9-8(10,11)17-5-3(1-12)6(13)14-2-4(5)7(15)16/h2H,(H2,13,14)(H,15,16). The van der Waals surface area contributed by atoms with Gasteiger partial charge in [0.15, 0.2) is 5.75 Å². The minimum Gasteiger partial charge on any atom is -0.477 e. The predicted octanol–water partition coefficient (Wildman–Crippen LogP) is 1.13. The van der Waals surface area contributed by atoms with Crippen LogP contribution in [0.15, 0.2) is 6.20 Å². The van der Waals surface area contributed by atoms with Crippen LogP contribution in [0.4, 0.5) is 19.0 Å². The van der Waals surface area contributed by atoms with E-state index in [0.717, 1.165) is 0 Å². The third-order valence-electron chi connectivity index (χ3n) is 1.62. The quantitative estimate of drug-likeness (QED) is 0.810.